The van der Waals surface area contributed by atoms with Gasteiger partial charge in [-0.2, -0.15) is 10.9 Å². The predicted molar refractivity (Wildman–Crippen MR) is 118 cm³/mol. The zero-order chi connectivity index (χ0) is 19.3. The number of rotatable bonds is 6. The third kappa shape index (κ3) is 4.21. The van der Waals surface area contributed by atoms with Crippen LogP contribution in [-0.4, -0.2) is 45.3 Å². The second-order valence-corrected chi connectivity index (χ2v) is 8.90. The summed E-state index contributed by atoms with van der Waals surface area (Å²) in [6.07, 6.45) is 2.09. The zero-order valence-corrected chi connectivity index (χ0v) is 17.4. The predicted octanol–water partition coefficient (Wildman–Crippen LogP) is 4.39. The minimum Gasteiger partial charge on any atom is -0.497 e. The monoisotopic (exact) mass is 396 g/mol. The molecule has 1 saturated heterocycles. The third-order valence-corrected chi connectivity index (χ3v) is 7.35. The Labute approximate surface area is 170 Å². The smallest absolute Gasteiger partial charge is 0.124 e. The molecule has 2 aromatic carbocycles. The van der Waals surface area contributed by atoms with Crippen molar-refractivity contribution in [3.8, 4) is 5.75 Å². The van der Waals surface area contributed by atoms with Gasteiger partial charge in [-0.15, -0.1) is 0 Å². The highest BCUT2D eigenvalue weighted by molar-refractivity contribution is 8.22. The number of hydrogen-bond acceptors (Lipinski definition) is 4. The minimum absolute atomic E-state index is 0.402. The molecule has 0 saturated carbocycles. The molecule has 4 nitrogen and oxygen atoms in total. The summed E-state index contributed by atoms with van der Waals surface area (Å²) in [6, 6.07) is 17.2. The molecule has 2 heterocycles. The van der Waals surface area contributed by atoms with Gasteiger partial charge in [0.05, 0.1) is 14.2 Å². The molecule has 2 aliphatic rings. The van der Waals surface area contributed by atoms with E-state index in [0.717, 1.165) is 44.2 Å². The molecule has 1 unspecified atom stereocenters. The van der Waals surface area contributed by atoms with Crippen molar-refractivity contribution in [1.82, 2.24) is 4.90 Å². The summed E-state index contributed by atoms with van der Waals surface area (Å²) in [4.78, 5) is 6.45. The van der Waals surface area contributed by atoms with Gasteiger partial charge < -0.3 is 14.4 Å². The average Bonchev–Trinajstić information content (AvgIpc) is 3.24. The number of thiol groups is 1. The van der Waals surface area contributed by atoms with E-state index >= 15 is 0 Å². The van der Waals surface area contributed by atoms with E-state index in [4.69, 9.17) is 9.47 Å². The maximum atomic E-state index is 5.39. The van der Waals surface area contributed by atoms with Gasteiger partial charge in [0, 0.05) is 49.9 Å². The summed E-state index contributed by atoms with van der Waals surface area (Å²) >= 11 is 0. The summed E-state index contributed by atoms with van der Waals surface area (Å²) in [5.41, 5.74) is 2.68. The van der Waals surface area contributed by atoms with Crippen LogP contribution in [0, 0.1) is 0 Å². The van der Waals surface area contributed by atoms with Crippen molar-refractivity contribution in [3.05, 3.63) is 76.7 Å². The number of hydrogen-bond donors (Lipinski definition) is 1. The Morgan fingerprint density at radius 2 is 1.75 bits per heavy atom. The van der Waals surface area contributed by atoms with E-state index in [1.165, 1.54) is 16.1 Å². The highest BCUT2D eigenvalue weighted by Crippen LogP contribution is 2.46. The molecule has 5 heteroatoms. The highest BCUT2D eigenvalue weighted by atomic mass is 32.2. The molecule has 2 aromatic rings. The maximum Gasteiger partial charge on any atom is 0.124 e. The van der Waals surface area contributed by atoms with Crippen molar-refractivity contribution in [1.29, 1.82) is 0 Å². The molecular formula is C23H28N2O2S. The van der Waals surface area contributed by atoms with Crippen LogP contribution in [0.15, 0.2) is 76.1 Å². The summed E-state index contributed by atoms with van der Waals surface area (Å²) in [5.74, 6) is 1.90. The molecule has 0 radical (unpaired) electrons. The SMILES string of the molecule is COC1=C[SH](c2ccccc2CN2CCN(c3cccc(OC)c3)CC2)C=C1. The molecule has 0 spiro atoms. The zero-order valence-electron chi connectivity index (χ0n) is 16.5. The first kappa shape index (κ1) is 19.0. The average molecular weight is 397 g/mol. The van der Waals surface area contributed by atoms with Gasteiger partial charge in [0.25, 0.3) is 0 Å². The normalized spacial score (nSPS) is 20.9. The van der Waals surface area contributed by atoms with Gasteiger partial charge in [-0.3, -0.25) is 4.90 Å². The largest absolute Gasteiger partial charge is 0.497 e. The number of nitrogens with zero attached hydrogens (tertiary/aromatic N) is 2. The van der Waals surface area contributed by atoms with E-state index in [-0.39, 0.29) is 0 Å². The van der Waals surface area contributed by atoms with Crippen LogP contribution in [-0.2, 0) is 11.3 Å². The second kappa shape index (κ2) is 8.76. The first-order chi connectivity index (χ1) is 13.8. The molecule has 148 valence electrons. The van der Waals surface area contributed by atoms with Crippen LogP contribution in [0.3, 0.4) is 0 Å². The van der Waals surface area contributed by atoms with Crippen molar-refractivity contribution in [2.45, 2.75) is 11.4 Å². The topological polar surface area (TPSA) is 24.9 Å². The van der Waals surface area contributed by atoms with Crippen molar-refractivity contribution < 1.29 is 9.47 Å². The van der Waals surface area contributed by atoms with Crippen LogP contribution in [0.1, 0.15) is 5.56 Å². The number of allylic oxidation sites excluding steroid dienone is 1. The summed E-state index contributed by atoms with van der Waals surface area (Å²) in [6.45, 7) is 5.22. The van der Waals surface area contributed by atoms with Gasteiger partial charge in [-0.05, 0) is 40.1 Å². The lowest BCUT2D eigenvalue weighted by molar-refractivity contribution is 0.248. The molecule has 2 aliphatic heterocycles. The molecule has 0 aliphatic carbocycles. The molecule has 1 atom stereocenters. The van der Waals surface area contributed by atoms with Crippen LogP contribution in [0.2, 0.25) is 0 Å². The van der Waals surface area contributed by atoms with E-state index in [1.54, 1.807) is 14.2 Å². The van der Waals surface area contributed by atoms with Gasteiger partial charge in [-0.1, -0.05) is 24.3 Å². The van der Waals surface area contributed by atoms with Gasteiger partial charge >= 0.3 is 0 Å². The lowest BCUT2D eigenvalue weighted by Crippen LogP contribution is -2.46. The fourth-order valence-electron chi connectivity index (χ4n) is 3.76. The molecule has 0 aromatic heterocycles. The molecule has 0 bridgehead atoms. The van der Waals surface area contributed by atoms with Crippen LogP contribution in [0.4, 0.5) is 5.69 Å². The Morgan fingerprint density at radius 1 is 0.929 bits per heavy atom. The van der Waals surface area contributed by atoms with E-state index < -0.39 is 10.9 Å². The first-order valence-electron chi connectivity index (χ1n) is 9.68. The van der Waals surface area contributed by atoms with Crippen molar-refractivity contribution in [2.75, 3.05) is 45.3 Å². The van der Waals surface area contributed by atoms with E-state index in [0.29, 0.717) is 0 Å². The molecular weight excluding hydrogens is 368 g/mol. The fraction of sp³-hybridized carbons (Fsp3) is 0.304. The molecule has 0 amide bonds. The van der Waals surface area contributed by atoms with Gasteiger partial charge in [0.2, 0.25) is 0 Å². The third-order valence-electron chi connectivity index (χ3n) is 5.36. The Bertz CT molecular complexity index is 872. The molecule has 4 rings (SSSR count). The van der Waals surface area contributed by atoms with Crippen LogP contribution in [0.5, 0.6) is 5.75 Å². The number of ether oxygens (including phenoxy) is 2. The van der Waals surface area contributed by atoms with Gasteiger partial charge in [0.15, 0.2) is 0 Å². The molecule has 0 N–H and O–H groups in total. The number of methoxy groups -OCH3 is 2. The summed E-state index contributed by atoms with van der Waals surface area (Å²) in [5, 5.41) is 4.54. The highest BCUT2D eigenvalue weighted by Gasteiger charge is 2.20. The van der Waals surface area contributed by atoms with Crippen molar-refractivity contribution >= 4 is 16.6 Å². The molecule has 1 fully saturated rings. The quantitative estimate of drug-likeness (QED) is 0.732. The van der Waals surface area contributed by atoms with E-state index in [9.17, 15) is 0 Å². The molecule has 28 heavy (non-hydrogen) atoms. The lowest BCUT2D eigenvalue weighted by atomic mass is 10.2. The Balaban J connectivity index is 1.40. The Kier molecular flexibility index (Phi) is 5.93. The Morgan fingerprint density at radius 3 is 2.50 bits per heavy atom. The standard InChI is InChI=1S/C23H28N2O2S/c1-26-21-8-5-7-20(16-21)25-13-11-24(12-14-25)17-19-6-3-4-9-23(19)28-15-10-22(18-28)27-2/h3-10,15-16,18,28H,11-14,17H2,1-2H3. The van der Waals surface area contributed by atoms with Crippen LogP contribution >= 0.6 is 10.9 Å². The summed E-state index contributed by atoms with van der Waals surface area (Å²) in [7, 11) is 3.06. The minimum atomic E-state index is -0.402. The Hall–Kier alpha value is -2.37. The fourth-order valence-corrected chi connectivity index (χ4v) is 5.65. The van der Waals surface area contributed by atoms with E-state index in [1.807, 2.05) is 6.07 Å². The van der Waals surface area contributed by atoms with E-state index in [2.05, 4.69) is 69.2 Å². The number of benzene rings is 2. The van der Waals surface area contributed by atoms with Crippen molar-refractivity contribution in [3.63, 3.8) is 0 Å². The van der Waals surface area contributed by atoms with Gasteiger partial charge in [-0.25, -0.2) is 0 Å². The number of anilines is 1. The van der Waals surface area contributed by atoms with Gasteiger partial charge in [0.1, 0.15) is 11.5 Å². The maximum absolute atomic E-state index is 5.39. The first-order valence-corrected chi connectivity index (χ1v) is 11.2. The lowest BCUT2D eigenvalue weighted by Gasteiger charge is -2.36. The second-order valence-electron chi connectivity index (χ2n) is 7.05. The summed E-state index contributed by atoms with van der Waals surface area (Å²) < 4.78 is 10.8. The number of piperazine rings is 1. The van der Waals surface area contributed by atoms with Crippen molar-refractivity contribution in [2.24, 2.45) is 0 Å². The van der Waals surface area contributed by atoms with Crippen LogP contribution < -0.4 is 9.64 Å². The van der Waals surface area contributed by atoms with Crippen LogP contribution in [0.25, 0.3) is 0 Å².